The zero-order chi connectivity index (χ0) is 9.72. The summed E-state index contributed by atoms with van der Waals surface area (Å²) in [5.41, 5.74) is 0. The summed E-state index contributed by atoms with van der Waals surface area (Å²) in [5.74, 6) is 0.476. The van der Waals surface area contributed by atoms with E-state index in [1.807, 2.05) is 25.9 Å². The largest absolute Gasteiger partial charge is 0.355 e. The Labute approximate surface area is 75.1 Å². The van der Waals surface area contributed by atoms with Gasteiger partial charge in [-0.1, -0.05) is 13.8 Å². The molecule has 1 amide bonds. The molecule has 72 valence electrons. The molecule has 0 aromatic heterocycles. The second-order valence-corrected chi connectivity index (χ2v) is 3.55. The number of carbonyl (C=O) groups excluding carboxylic acids is 1. The number of nitrogens with zero attached hydrogens (tertiary/aromatic N) is 1. The van der Waals surface area contributed by atoms with Crippen LogP contribution in [-0.4, -0.2) is 37.5 Å². The molecule has 0 bridgehead atoms. The topological polar surface area (TPSA) is 32.3 Å². The van der Waals surface area contributed by atoms with Gasteiger partial charge in [-0.2, -0.15) is 0 Å². The summed E-state index contributed by atoms with van der Waals surface area (Å²) < 4.78 is 0. The van der Waals surface area contributed by atoms with Crippen molar-refractivity contribution in [3.8, 4) is 0 Å². The summed E-state index contributed by atoms with van der Waals surface area (Å²) >= 11 is 0. The van der Waals surface area contributed by atoms with Gasteiger partial charge < -0.3 is 5.32 Å². The van der Waals surface area contributed by atoms with Gasteiger partial charge in [-0.15, -0.1) is 0 Å². The second kappa shape index (κ2) is 5.14. The van der Waals surface area contributed by atoms with Crippen LogP contribution in [0, 0.1) is 5.92 Å². The van der Waals surface area contributed by atoms with Gasteiger partial charge in [-0.25, -0.2) is 0 Å². The van der Waals surface area contributed by atoms with E-state index in [4.69, 9.17) is 0 Å². The van der Waals surface area contributed by atoms with Crippen LogP contribution in [0.25, 0.3) is 0 Å². The first kappa shape index (κ1) is 11.4. The highest BCUT2D eigenvalue weighted by Crippen LogP contribution is 2.06. The Bertz CT molecular complexity index is 135. The van der Waals surface area contributed by atoms with Crippen molar-refractivity contribution in [2.45, 2.75) is 26.8 Å². The Hall–Kier alpha value is -0.570. The van der Waals surface area contributed by atoms with Crippen LogP contribution < -0.4 is 5.32 Å². The highest BCUT2D eigenvalue weighted by atomic mass is 16.2. The van der Waals surface area contributed by atoms with Crippen molar-refractivity contribution >= 4 is 5.91 Å². The Kier molecular flexibility index (Phi) is 4.90. The van der Waals surface area contributed by atoms with E-state index < -0.39 is 0 Å². The predicted molar refractivity (Wildman–Crippen MR) is 51.0 cm³/mol. The van der Waals surface area contributed by atoms with Gasteiger partial charge in [0.2, 0.25) is 5.91 Å². The van der Waals surface area contributed by atoms with Gasteiger partial charge in [-0.05, 0) is 26.9 Å². The molecule has 0 spiro atoms. The molecule has 0 radical (unpaired) electrons. The molecule has 1 N–H and O–H groups in total. The zero-order valence-electron chi connectivity index (χ0n) is 8.72. The molecule has 0 aromatic rings. The van der Waals surface area contributed by atoms with Crippen LogP contribution in [0.2, 0.25) is 0 Å². The summed E-state index contributed by atoms with van der Waals surface area (Å²) in [6.07, 6.45) is 0. The summed E-state index contributed by atoms with van der Waals surface area (Å²) in [6.45, 7) is 6.75. The van der Waals surface area contributed by atoms with Crippen molar-refractivity contribution in [2.24, 2.45) is 5.92 Å². The van der Waals surface area contributed by atoms with Crippen molar-refractivity contribution in [2.75, 3.05) is 20.6 Å². The third kappa shape index (κ3) is 3.22. The summed E-state index contributed by atoms with van der Waals surface area (Å²) in [7, 11) is 3.86. The highest BCUT2D eigenvalue weighted by Gasteiger charge is 2.22. The number of amides is 1. The molecule has 12 heavy (non-hydrogen) atoms. The molecule has 0 aliphatic heterocycles. The summed E-state index contributed by atoms with van der Waals surface area (Å²) in [4.78, 5) is 13.4. The molecule has 0 rings (SSSR count). The van der Waals surface area contributed by atoms with Gasteiger partial charge in [0, 0.05) is 6.54 Å². The maximum absolute atomic E-state index is 11.5. The number of hydrogen-bond donors (Lipinski definition) is 1. The van der Waals surface area contributed by atoms with Gasteiger partial charge >= 0.3 is 0 Å². The number of nitrogens with one attached hydrogen (secondary N) is 1. The standard InChI is InChI=1S/C9H20N2O/c1-6-10-9(12)8(7(2)3)11(4)5/h7-8H,6H2,1-5H3,(H,10,12)/t8-/m0/s1. The molecular formula is C9H20N2O. The molecule has 0 saturated heterocycles. The summed E-state index contributed by atoms with van der Waals surface area (Å²) in [5, 5.41) is 2.83. The number of carbonyl (C=O) groups is 1. The normalized spacial score (nSPS) is 13.6. The smallest absolute Gasteiger partial charge is 0.237 e. The van der Waals surface area contributed by atoms with E-state index in [0.29, 0.717) is 12.5 Å². The van der Waals surface area contributed by atoms with Crippen molar-refractivity contribution in [3.63, 3.8) is 0 Å². The number of likely N-dealkylation sites (N-methyl/N-ethyl adjacent to an activating group) is 2. The minimum absolute atomic E-state index is 0.00931. The first-order valence-electron chi connectivity index (χ1n) is 4.44. The fraction of sp³-hybridized carbons (Fsp3) is 0.889. The Morgan fingerprint density at radius 1 is 1.42 bits per heavy atom. The van der Waals surface area contributed by atoms with Crippen LogP contribution >= 0.6 is 0 Å². The lowest BCUT2D eigenvalue weighted by Crippen LogP contribution is -2.46. The van der Waals surface area contributed by atoms with E-state index in [2.05, 4.69) is 19.2 Å². The Morgan fingerprint density at radius 2 is 1.92 bits per heavy atom. The maximum atomic E-state index is 11.5. The average Bonchev–Trinajstić information content (AvgIpc) is 1.85. The average molecular weight is 172 g/mol. The second-order valence-electron chi connectivity index (χ2n) is 3.55. The van der Waals surface area contributed by atoms with Crippen molar-refractivity contribution in [1.29, 1.82) is 0 Å². The predicted octanol–water partition coefficient (Wildman–Crippen LogP) is 0.709. The quantitative estimate of drug-likeness (QED) is 0.677. The monoisotopic (exact) mass is 172 g/mol. The van der Waals surface area contributed by atoms with Gasteiger partial charge in [0.25, 0.3) is 0 Å². The van der Waals surface area contributed by atoms with Gasteiger partial charge in [0.05, 0.1) is 6.04 Å². The maximum Gasteiger partial charge on any atom is 0.237 e. The van der Waals surface area contributed by atoms with Crippen LogP contribution in [-0.2, 0) is 4.79 Å². The van der Waals surface area contributed by atoms with Crippen LogP contribution in [0.5, 0.6) is 0 Å². The zero-order valence-corrected chi connectivity index (χ0v) is 8.72. The summed E-state index contributed by atoms with van der Waals surface area (Å²) in [6, 6.07) is -0.00931. The van der Waals surface area contributed by atoms with Gasteiger partial charge in [0.1, 0.15) is 0 Å². The fourth-order valence-electron chi connectivity index (χ4n) is 1.41. The lowest BCUT2D eigenvalue weighted by atomic mass is 10.0. The van der Waals surface area contributed by atoms with E-state index in [9.17, 15) is 4.79 Å². The van der Waals surface area contributed by atoms with Crippen LogP contribution in [0.4, 0.5) is 0 Å². The molecule has 3 heteroatoms. The fourth-order valence-corrected chi connectivity index (χ4v) is 1.41. The van der Waals surface area contributed by atoms with E-state index in [0.717, 1.165) is 0 Å². The molecule has 0 aliphatic rings. The first-order valence-corrected chi connectivity index (χ1v) is 4.44. The molecule has 0 aromatic carbocycles. The molecule has 0 heterocycles. The van der Waals surface area contributed by atoms with Gasteiger partial charge in [0.15, 0.2) is 0 Å². The molecule has 0 saturated carbocycles. The van der Waals surface area contributed by atoms with Crippen molar-refractivity contribution in [1.82, 2.24) is 10.2 Å². The van der Waals surface area contributed by atoms with Crippen LogP contribution in [0.1, 0.15) is 20.8 Å². The number of hydrogen-bond acceptors (Lipinski definition) is 2. The molecule has 1 atom stereocenters. The minimum atomic E-state index is -0.00931. The van der Waals surface area contributed by atoms with E-state index in [1.165, 1.54) is 0 Å². The van der Waals surface area contributed by atoms with Crippen LogP contribution in [0.15, 0.2) is 0 Å². The lowest BCUT2D eigenvalue weighted by molar-refractivity contribution is -0.126. The third-order valence-corrected chi connectivity index (χ3v) is 1.81. The van der Waals surface area contributed by atoms with E-state index in [-0.39, 0.29) is 11.9 Å². The molecule has 0 fully saturated rings. The lowest BCUT2D eigenvalue weighted by Gasteiger charge is -2.26. The molecule has 3 nitrogen and oxygen atoms in total. The Morgan fingerprint density at radius 3 is 2.17 bits per heavy atom. The molecule has 0 unspecified atom stereocenters. The minimum Gasteiger partial charge on any atom is -0.355 e. The van der Waals surface area contributed by atoms with Crippen LogP contribution in [0.3, 0.4) is 0 Å². The SMILES string of the molecule is CCNC(=O)[C@H](C(C)C)N(C)C. The van der Waals surface area contributed by atoms with E-state index >= 15 is 0 Å². The third-order valence-electron chi connectivity index (χ3n) is 1.81. The van der Waals surface area contributed by atoms with E-state index in [1.54, 1.807) is 0 Å². The first-order chi connectivity index (χ1) is 5.50. The number of rotatable bonds is 4. The van der Waals surface area contributed by atoms with Crippen molar-refractivity contribution in [3.05, 3.63) is 0 Å². The van der Waals surface area contributed by atoms with Crippen molar-refractivity contribution < 1.29 is 4.79 Å². The molecule has 0 aliphatic carbocycles. The highest BCUT2D eigenvalue weighted by molar-refractivity contribution is 5.81. The Balaban J connectivity index is 4.20. The van der Waals surface area contributed by atoms with Gasteiger partial charge in [-0.3, -0.25) is 9.69 Å². The molecular weight excluding hydrogens is 152 g/mol.